The Morgan fingerprint density at radius 2 is 1.79 bits per heavy atom. The topological polar surface area (TPSA) is 85.3 Å². The van der Waals surface area contributed by atoms with Crippen LogP contribution in [0.5, 0.6) is 11.5 Å². The molecule has 1 amide bonds. The molecular weight excluding hydrogens is 528 g/mol. The molecule has 2 heterocycles. The quantitative estimate of drug-likeness (QED) is 0.511. The lowest BCUT2D eigenvalue weighted by molar-refractivity contribution is -0.117. The van der Waals surface area contributed by atoms with Gasteiger partial charge in [0, 0.05) is 21.9 Å². The summed E-state index contributed by atoms with van der Waals surface area (Å²) >= 11 is 4.96. The Balaban J connectivity index is 1.73. The van der Waals surface area contributed by atoms with Gasteiger partial charge in [-0.3, -0.25) is 4.79 Å². The first-order valence-electron chi connectivity index (χ1n) is 10.7. The third-order valence-electron chi connectivity index (χ3n) is 5.36. The normalized spacial score (nSPS) is 22.4. The van der Waals surface area contributed by atoms with Gasteiger partial charge >= 0.3 is 0 Å². The number of ether oxygens (including phenoxy) is 2. The fraction of sp³-hybridized carbons (Fsp3) is 0.391. The first kappa shape index (κ1) is 24.1. The van der Waals surface area contributed by atoms with Crippen LogP contribution in [0.4, 0.5) is 5.69 Å². The third-order valence-corrected chi connectivity index (χ3v) is 9.20. The summed E-state index contributed by atoms with van der Waals surface area (Å²) in [6.45, 7) is 4.71. The molecule has 0 aromatic heterocycles. The molecule has 2 aromatic rings. The van der Waals surface area contributed by atoms with Crippen molar-refractivity contribution >= 4 is 54.3 Å². The summed E-state index contributed by atoms with van der Waals surface area (Å²) in [5.41, 5.74) is 1.58. The standard InChI is InChI=1S/C23H25BrN2O5S2/c1-3-30-19-11-16(24)17(12-20(19)31-4-2)26-18-13-33(28,29)14-21(18)32-23(26)25-22(27)10-15-8-6-5-7-9-15/h5-9,11-12,18,21H,3-4,10,13-14H2,1-2H3/t18-,21+/m1/s1. The van der Waals surface area contributed by atoms with Gasteiger partial charge in [0.15, 0.2) is 26.5 Å². The minimum Gasteiger partial charge on any atom is -0.490 e. The van der Waals surface area contributed by atoms with Crippen molar-refractivity contribution in [2.24, 2.45) is 4.99 Å². The lowest BCUT2D eigenvalue weighted by atomic mass is 10.1. The van der Waals surface area contributed by atoms with Crippen molar-refractivity contribution < 1.29 is 22.7 Å². The van der Waals surface area contributed by atoms with E-state index in [-0.39, 0.29) is 35.1 Å². The number of fused-ring (bicyclic) bond motifs is 1. The van der Waals surface area contributed by atoms with Gasteiger partial charge in [-0.15, -0.1) is 0 Å². The summed E-state index contributed by atoms with van der Waals surface area (Å²) in [5, 5.41) is 0.320. The summed E-state index contributed by atoms with van der Waals surface area (Å²) < 4.78 is 37.0. The van der Waals surface area contributed by atoms with Crippen LogP contribution in [0.1, 0.15) is 19.4 Å². The van der Waals surface area contributed by atoms with Gasteiger partial charge in [-0.25, -0.2) is 8.42 Å². The van der Waals surface area contributed by atoms with Crippen LogP contribution in [0.2, 0.25) is 0 Å². The Labute approximate surface area is 206 Å². The molecule has 176 valence electrons. The highest BCUT2D eigenvalue weighted by Crippen LogP contribution is 2.46. The van der Waals surface area contributed by atoms with Gasteiger partial charge in [0.1, 0.15) is 0 Å². The van der Waals surface area contributed by atoms with Crippen LogP contribution in [0.3, 0.4) is 0 Å². The number of nitrogens with zero attached hydrogens (tertiary/aromatic N) is 2. The average Bonchev–Trinajstić information content (AvgIpc) is 3.21. The molecule has 2 aliphatic rings. The van der Waals surface area contributed by atoms with Crippen molar-refractivity contribution in [3.05, 3.63) is 52.5 Å². The monoisotopic (exact) mass is 552 g/mol. The van der Waals surface area contributed by atoms with E-state index in [2.05, 4.69) is 20.9 Å². The Morgan fingerprint density at radius 3 is 2.45 bits per heavy atom. The number of halogens is 1. The number of amidine groups is 1. The zero-order valence-corrected chi connectivity index (χ0v) is 21.6. The minimum atomic E-state index is -3.17. The summed E-state index contributed by atoms with van der Waals surface area (Å²) in [6, 6.07) is 12.8. The van der Waals surface area contributed by atoms with Crippen molar-refractivity contribution in [2.75, 3.05) is 29.6 Å². The predicted octanol–water partition coefficient (Wildman–Crippen LogP) is 4.09. The number of sulfone groups is 1. The van der Waals surface area contributed by atoms with E-state index in [9.17, 15) is 13.2 Å². The van der Waals surface area contributed by atoms with Crippen LogP contribution in [0.15, 0.2) is 51.9 Å². The summed E-state index contributed by atoms with van der Waals surface area (Å²) in [7, 11) is -3.17. The number of amides is 1. The maximum absolute atomic E-state index is 12.8. The average molecular weight is 554 g/mol. The first-order chi connectivity index (χ1) is 15.8. The summed E-state index contributed by atoms with van der Waals surface area (Å²) in [4.78, 5) is 19.1. The first-order valence-corrected chi connectivity index (χ1v) is 14.2. The van der Waals surface area contributed by atoms with Gasteiger partial charge in [0.2, 0.25) is 0 Å². The molecule has 0 aliphatic carbocycles. The molecule has 2 aromatic carbocycles. The van der Waals surface area contributed by atoms with E-state index in [0.717, 1.165) is 5.56 Å². The van der Waals surface area contributed by atoms with Crippen LogP contribution >= 0.6 is 27.7 Å². The van der Waals surface area contributed by atoms with Gasteiger partial charge in [-0.05, 0) is 35.3 Å². The number of anilines is 1. The molecule has 10 heteroatoms. The summed E-state index contributed by atoms with van der Waals surface area (Å²) in [6.07, 6.45) is 0.182. The Kier molecular flexibility index (Phi) is 7.35. The fourth-order valence-electron chi connectivity index (χ4n) is 4.01. The van der Waals surface area contributed by atoms with Crippen molar-refractivity contribution in [3.8, 4) is 11.5 Å². The molecule has 4 rings (SSSR count). The molecule has 33 heavy (non-hydrogen) atoms. The molecule has 0 unspecified atom stereocenters. The predicted molar refractivity (Wildman–Crippen MR) is 135 cm³/mol. The second-order valence-electron chi connectivity index (χ2n) is 7.74. The van der Waals surface area contributed by atoms with Gasteiger partial charge in [-0.2, -0.15) is 4.99 Å². The maximum atomic E-state index is 12.8. The van der Waals surface area contributed by atoms with Crippen molar-refractivity contribution in [1.29, 1.82) is 0 Å². The van der Waals surface area contributed by atoms with Crippen LogP contribution < -0.4 is 14.4 Å². The number of hydrogen-bond acceptors (Lipinski definition) is 6. The molecule has 2 saturated heterocycles. The van der Waals surface area contributed by atoms with Crippen LogP contribution in [-0.2, 0) is 21.1 Å². The fourth-order valence-corrected chi connectivity index (χ4v) is 8.45. The lowest BCUT2D eigenvalue weighted by Gasteiger charge is -2.27. The highest BCUT2D eigenvalue weighted by atomic mass is 79.9. The number of hydrogen-bond donors (Lipinski definition) is 0. The number of aliphatic imine (C=N–C) groups is 1. The Hall–Kier alpha value is -2.04. The van der Waals surface area contributed by atoms with Crippen molar-refractivity contribution in [2.45, 2.75) is 31.6 Å². The molecule has 0 spiro atoms. The molecule has 0 radical (unpaired) electrons. The second kappa shape index (κ2) is 10.1. The molecule has 0 saturated carbocycles. The Morgan fingerprint density at radius 1 is 1.12 bits per heavy atom. The van der Waals surface area contributed by atoms with Crippen LogP contribution in [0, 0.1) is 0 Å². The zero-order valence-electron chi connectivity index (χ0n) is 18.4. The smallest absolute Gasteiger partial charge is 0.252 e. The minimum absolute atomic E-state index is 0.0141. The highest BCUT2D eigenvalue weighted by molar-refractivity contribution is 9.10. The largest absolute Gasteiger partial charge is 0.490 e. The molecule has 0 N–H and O–H groups in total. The molecule has 2 aliphatic heterocycles. The SMILES string of the molecule is CCOc1cc(Br)c(N2C(=NC(=O)Cc3ccccc3)S[C@H]3CS(=O)(=O)C[C@H]32)cc1OCC. The number of thioether (sulfide) groups is 1. The number of rotatable bonds is 7. The number of carbonyl (C=O) groups excluding carboxylic acids is 1. The maximum Gasteiger partial charge on any atom is 0.252 e. The van der Waals surface area contributed by atoms with Gasteiger partial charge in [0.25, 0.3) is 5.91 Å². The zero-order chi connectivity index (χ0) is 23.6. The Bertz CT molecular complexity index is 1170. The van der Waals surface area contributed by atoms with E-state index in [1.165, 1.54) is 11.8 Å². The molecule has 0 bridgehead atoms. The van der Waals surface area contributed by atoms with Crippen molar-refractivity contribution in [3.63, 3.8) is 0 Å². The van der Waals surface area contributed by atoms with Gasteiger partial charge in [0.05, 0.1) is 42.9 Å². The molecule has 2 atom stereocenters. The molecule has 2 fully saturated rings. The molecular formula is C23H25BrN2O5S2. The van der Waals surface area contributed by atoms with Crippen LogP contribution in [0.25, 0.3) is 0 Å². The van der Waals surface area contributed by atoms with Crippen LogP contribution in [-0.4, -0.2) is 55.5 Å². The molecule has 7 nitrogen and oxygen atoms in total. The second-order valence-corrected chi connectivity index (χ2v) is 12.0. The van der Waals surface area contributed by atoms with E-state index in [1.54, 1.807) is 0 Å². The number of carbonyl (C=O) groups is 1. The number of benzene rings is 2. The van der Waals surface area contributed by atoms with Gasteiger partial charge < -0.3 is 14.4 Å². The third kappa shape index (κ3) is 5.38. The summed E-state index contributed by atoms with van der Waals surface area (Å²) in [5.74, 6) is 0.958. The lowest BCUT2D eigenvalue weighted by Crippen LogP contribution is -2.38. The van der Waals surface area contributed by atoms with E-state index in [4.69, 9.17) is 9.47 Å². The highest BCUT2D eigenvalue weighted by Gasteiger charge is 2.50. The van der Waals surface area contributed by atoms with Gasteiger partial charge in [-0.1, -0.05) is 42.1 Å². The van der Waals surface area contributed by atoms with Crippen molar-refractivity contribution in [1.82, 2.24) is 0 Å². The van der Waals surface area contributed by atoms with E-state index >= 15 is 0 Å². The van der Waals surface area contributed by atoms with E-state index in [0.29, 0.717) is 40.0 Å². The van der Waals surface area contributed by atoms with E-state index in [1.807, 2.05) is 61.2 Å². The van der Waals surface area contributed by atoms with E-state index < -0.39 is 9.84 Å².